The van der Waals surface area contributed by atoms with Gasteiger partial charge in [0, 0.05) is 135 Å². The van der Waals surface area contributed by atoms with Crippen LogP contribution in [0.4, 0.5) is 17.1 Å². The van der Waals surface area contributed by atoms with Gasteiger partial charge in [-0.2, -0.15) is 0 Å². The van der Waals surface area contributed by atoms with Gasteiger partial charge in [-0.05, 0) is 201 Å². The molecule has 14 aromatic carbocycles. The summed E-state index contributed by atoms with van der Waals surface area (Å²) in [6.07, 6.45) is 0.401. The molecule has 4 unspecified atom stereocenters. The number of hydrogen-bond donors (Lipinski definition) is 0. The molecule has 742 valence electrons. The molecular formula is C115H89N11O23. The summed E-state index contributed by atoms with van der Waals surface area (Å²) in [7, 11) is 0. The molecule has 0 radical (unpaired) electrons. The zero-order valence-corrected chi connectivity index (χ0v) is 81.4. The lowest BCUT2D eigenvalue weighted by Gasteiger charge is -2.37. The van der Waals surface area contributed by atoms with Crippen molar-refractivity contribution >= 4 is 87.8 Å². The van der Waals surface area contributed by atoms with Gasteiger partial charge < -0.3 is 66.5 Å². The van der Waals surface area contributed by atoms with Crippen LogP contribution in [0.3, 0.4) is 0 Å². The Balaban J connectivity index is 0.000000113. The van der Waals surface area contributed by atoms with E-state index in [2.05, 4.69) is 30.1 Å². The summed E-state index contributed by atoms with van der Waals surface area (Å²) < 4.78 is 74.9. The first-order chi connectivity index (χ1) is 72.0. The summed E-state index contributed by atoms with van der Waals surface area (Å²) in [6.45, 7) is 17.9. The Hall–Kier alpha value is -18.7. The molecule has 14 aromatic rings. The molecule has 10 heterocycles. The summed E-state index contributed by atoms with van der Waals surface area (Å²) in [6, 6.07) is 80.0. The van der Waals surface area contributed by atoms with Gasteiger partial charge in [-0.15, -0.1) is 0 Å². The highest BCUT2D eigenvalue weighted by molar-refractivity contribution is 6.26. The summed E-state index contributed by atoms with van der Waals surface area (Å²) in [5, 5.41) is 12.0. The molecule has 0 aliphatic carbocycles. The van der Waals surface area contributed by atoms with Crippen molar-refractivity contribution in [2.45, 2.75) is 96.2 Å². The van der Waals surface area contributed by atoms with Crippen LogP contribution >= 0.6 is 0 Å². The number of rotatable bonds is 15. The minimum absolute atomic E-state index is 0.0673. The highest BCUT2D eigenvalue weighted by atomic mass is 16.6. The number of hydrogen-bond acceptors (Lipinski definition) is 26. The first-order valence-electron chi connectivity index (χ1n) is 47.5. The predicted octanol–water partition coefficient (Wildman–Crippen LogP) is 22.9. The Bertz CT molecular complexity index is 8190. The lowest BCUT2D eigenvalue weighted by Crippen LogP contribution is -2.42. The van der Waals surface area contributed by atoms with Crippen LogP contribution in [-0.4, -0.2) is 128 Å². The number of amides is 3. The molecule has 0 N–H and O–H groups in total. The van der Waals surface area contributed by atoms with E-state index in [1.165, 1.54) is 13.0 Å². The third-order valence-corrected chi connectivity index (χ3v) is 26.7. The minimum atomic E-state index is -1.24. The van der Waals surface area contributed by atoms with Gasteiger partial charge in [-0.25, -0.2) is 19.2 Å². The number of carbonyl (C=O) groups is 10. The second-order valence-electron chi connectivity index (χ2n) is 37.3. The van der Waals surface area contributed by atoms with Crippen LogP contribution in [0.2, 0.25) is 0 Å². The van der Waals surface area contributed by atoms with Crippen LogP contribution in [0.15, 0.2) is 282 Å². The van der Waals surface area contributed by atoms with Gasteiger partial charge in [0.25, 0.3) is 18.3 Å². The highest BCUT2D eigenvalue weighted by Crippen LogP contribution is 2.62. The molecule has 24 rings (SSSR count). The van der Waals surface area contributed by atoms with E-state index in [0.717, 1.165) is 82.8 Å². The van der Waals surface area contributed by atoms with Crippen molar-refractivity contribution in [2.24, 2.45) is 15.3 Å². The van der Waals surface area contributed by atoms with E-state index in [1.54, 1.807) is 97.1 Å². The average Bonchev–Trinajstić information content (AvgIpc) is 1.58. The quantitative estimate of drug-likeness (QED) is 0.0134. The van der Waals surface area contributed by atoms with Crippen LogP contribution in [0.25, 0.3) is 42.1 Å². The first kappa shape index (κ1) is 97.7. The van der Waals surface area contributed by atoms with Crippen LogP contribution in [0, 0.1) is 27.7 Å². The molecule has 10 aliphatic heterocycles. The molecule has 1 saturated heterocycles. The fourth-order valence-electron chi connectivity index (χ4n) is 20.4. The monoisotopic (exact) mass is 1990 g/mol. The molecule has 34 heteroatoms. The van der Waals surface area contributed by atoms with E-state index >= 15 is 0 Å². The molecule has 0 aromatic heterocycles. The van der Waals surface area contributed by atoms with Gasteiger partial charge in [-0.1, -0.05) is 185 Å². The van der Waals surface area contributed by atoms with Crippen molar-refractivity contribution in [3.05, 3.63) is 432 Å². The zero-order valence-electron chi connectivity index (χ0n) is 81.4. The van der Waals surface area contributed by atoms with E-state index in [4.69, 9.17) is 78.2 Å². The first-order valence-corrected chi connectivity index (χ1v) is 47.5. The number of fused-ring (bicyclic) bond motifs is 24. The molecule has 34 nitrogen and oxygen atoms in total. The fourth-order valence-corrected chi connectivity index (χ4v) is 20.4. The average molecular weight is 1990 g/mol. The normalized spacial score (nSPS) is 17.7. The van der Waals surface area contributed by atoms with Crippen molar-refractivity contribution in [3.63, 3.8) is 0 Å². The Morgan fingerprint density at radius 2 is 0.785 bits per heavy atom. The van der Waals surface area contributed by atoms with E-state index in [9.17, 15) is 47.9 Å². The van der Waals surface area contributed by atoms with Crippen molar-refractivity contribution in [1.82, 2.24) is 9.80 Å². The molecule has 0 saturated carbocycles. The number of morpholine rings is 1. The van der Waals surface area contributed by atoms with E-state index < -0.39 is 51.8 Å². The van der Waals surface area contributed by atoms with Gasteiger partial charge in [0.2, 0.25) is 5.91 Å². The predicted molar refractivity (Wildman–Crippen MR) is 538 cm³/mol. The lowest BCUT2D eigenvalue weighted by atomic mass is 9.77. The SMILES string of the molecule is CC(=O)OCCOCCN1C(=O)c2cccc3c(N=[N+]=[N-])ccc(c23)C1=O.Cc1ccc2c(c1)Oc1cc(CC(=O)N3CCOCC3)ccc1C21OC(=O)c2ccccc21.Cc1ccc2c(c1)Oc1cc(CC(=O)OC(C)(C)C)ccc1C21OC(=O)c2ccccc21.Cc1ccc2c(c1)Oc1cc(N=[N+]=[N-])ccc1C21OC(=O)c2cc(OC=O)ccc21.Cc1ccc2c(c1)Oc1cc(N=[N+]=[N-])ccc1C21OC(=O)c2ccccc21. The van der Waals surface area contributed by atoms with Crippen LogP contribution in [-0.2, 0) is 92.3 Å². The van der Waals surface area contributed by atoms with Crippen LogP contribution < -0.4 is 23.7 Å². The standard InChI is InChI=1S/C27H23NO5.C27H24O5.C22H13N3O5.C21H13N3O3.C18H16N4O5/c1-17-6-8-21-23(14-17)32-24-15-18(16-25(29)28-10-12-31-13-11-28)7-9-22(24)27(21)20-5-3-2-4-19(20)26(30)33-27;1-16-9-11-20-22(13-16)30-23-14-17(15-24(28)31-26(2,3)4)10-12-21(23)27(20)19-8-6-5-7-18(19)25(29)32-27;1-12-2-5-17-19(8-12)29-20-9-13(24-25-23)3-6-18(20)22(17)16-7-4-14(28-11-26)10-15(16)21(27)30-22;1-12-6-8-16-18(10-12)26-19-11-13(23-24-22)7-9-17(19)21(16)15-5-3-2-4-14(15)20(25)27-21;1-11(23)27-10-9-26-8-7-22-17(24)13-4-2-3-12-15(20-21-19)6-5-14(16(12)13)18(22)25/h2-9,14-15H,10-13,16H2,1H3;5-14H,15H2,1-4H3;2-11H,1H3;2-11H,1H3;2-6H,7-10H2,1H3. The highest BCUT2D eigenvalue weighted by Gasteiger charge is 2.59. The van der Waals surface area contributed by atoms with Gasteiger partial charge >= 0.3 is 35.8 Å². The maximum Gasteiger partial charge on any atom is 0.340 e. The Morgan fingerprint density at radius 3 is 1.21 bits per heavy atom. The van der Waals surface area contributed by atoms with Crippen molar-refractivity contribution in [1.29, 1.82) is 0 Å². The third kappa shape index (κ3) is 17.7. The second-order valence-corrected chi connectivity index (χ2v) is 37.3. The van der Waals surface area contributed by atoms with Gasteiger partial charge in [-0.3, -0.25) is 33.7 Å². The number of esters is 6. The number of aryl methyl sites for hydroxylation is 4. The molecule has 4 spiro atoms. The van der Waals surface area contributed by atoms with E-state index in [1.807, 2.05) is 217 Å². The molecule has 149 heavy (non-hydrogen) atoms. The number of carbonyl (C=O) groups excluding carboxylic acids is 10. The van der Waals surface area contributed by atoms with E-state index in [-0.39, 0.29) is 74.7 Å². The third-order valence-electron chi connectivity index (χ3n) is 26.7. The molecule has 0 bridgehead atoms. The topological polar surface area (TPSA) is 443 Å². The van der Waals surface area contributed by atoms with Gasteiger partial charge in [0.05, 0.1) is 68.1 Å². The maximum atomic E-state index is 12.9. The van der Waals surface area contributed by atoms with Crippen molar-refractivity contribution < 1.29 is 110 Å². The molecule has 10 aliphatic rings. The van der Waals surface area contributed by atoms with E-state index in [0.29, 0.717) is 162 Å². The summed E-state index contributed by atoms with van der Waals surface area (Å²) in [5.41, 5.74) is 39.5. The molecule has 3 amide bonds. The lowest BCUT2D eigenvalue weighted by molar-refractivity contribution is -0.154. The largest absolute Gasteiger partial charge is 0.463 e. The Morgan fingerprint density at radius 1 is 0.403 bits per heavy atom. The number of imide groups is 1. The summed E-state index contributed by atoms with van der Waals surface area (Å²) >= 11 is 0. The van der Waals surface area contributed by atoms with Gasteiger partial charge in [0.1, 0.15) is 64.0 Å². The minimum Gasteiger partial charge on any atom is -0.463 e. The number of benzene rings is 14. The maximum absolute atomic E-state index is 12.9. The zero-order chi connectivity index (χ0) is 104. The molecular weight excluding hydrogens is 1900 g/mol. The van der Waals surface area contributed by atoms with Crippen LogP contribution in [0.5, 0.6) is 51.7 Å². The second kappa shape index (κ2) is 39.4. The summed E-state index contributed by atoms with van der Waals surface area (Å²) in [5.74, 6) is 1.65. The van der Waals surface area contributed by atoms with Gasteiger partial charge in [0.15, 0.2) is 22.4 Å². The van der Waals surface area contributed by atoms with Crippen molar-refractivity contribution in [3.8, 4) is 51.7 Å². The fraction of sp³-hybridized carbons (Fsp3) is 0.200. The number of azide groups is 3. The van der Waals surface area contributed by atoms with Crippen LogP contribution in [0.1, 0.15) is 190 Å². The molecule has 4 atom stereocenters. The molecule has 1 fully saturated rings. The Kier molecular flexibility index (Phi) is 25.9. The smallest absolute Gasteiger partial charge is 0.340 e. The number of nitrogens with zero attached hydrogens (tertiary/aromatic N) is 11. The Labute approximate surface area is 850 Å². The summed E-state index contributed by atoms with van der Waals surface area (Å²) in [4.78, 5) is 135. The number of ether oxygens (including phenoxy) is 13. The van der Waals surface area contributed by atoms with Crippen molar-refractivity contribution in [2.75, 3.05) is 52.7 Å².